The molecule has 44 heavy (non-hydrogen) atoms. The van der Waals surface area contributed by atoms with E-state index in [0.29, 0.717) is 17.6 Å². The Bertz CT molecular complexity index is 1500. The zero-order valence-electron chi connectivity index (χ0n) is 25.4. The maximum atomic E-state index is 13.0. The molecule has 2 aromatic carbocycles. The van der Waals surface area contributed by atoms with Gasteiger partial charge in [0.05, 0.1) is 18.6 Å². The van der Waals surface area contributed by atoms with E-state index in [1.54, 1.807) is 27.7 Å². The molecule has 1 aliphatic carbocycles. The first-order valence-electron chi connectivity index (χ1n) is 14.5. The standard InChI is InChI=1S/C34H39NO9/c1-33(2,42-22-32(40)44-35-29(37)16-17-30(35)38)19-20-41-34(3,4)28(36)15-18-31(39)43-27-21-25-11-6-5-9-23(25)13-14-24-10-7-8-12-26(24)27/h5-14,16-17,27,37-38H,15,18-22H2,1-4H3. The summed E-state index contributed by atoms with van der Waals surface area (Å²) in [5.74, 6) is -2.39. The molecule has 0 fully saturated rings. The number of Topliss-reactive ketones (excluding diaryl/α,β-unsaturated/α-hetero) is 1. The quantitative estimate of drug-likeness (QED) is 0.252. The highest BCUT2D eigenvalue weighted by molar-refractivity contribution is 5.89. The molecule has 0 bridgehead atoms. The Morgan fingerprint density at radius 2 is 1.45 bits per heavy atom. The van der Waals surface area contributed by atoms with E-state index in [-0.39, 0.29) is 25.2 Å². The molecule has 1 aromatic heterocycles. The summed E-state index contributed by atoms with van der Waals surface area (Å²) in [6.45, 7) is 6.51. The monoisotopic (exact) mass is 605 g/mol. The number of esters is 1. The molecule has 1 atom stereocenters. The van der Waals surface area contributed by atoms with Gasteiger partial charge in [-0.2, -0.15) is 0 Å². The topological polar surface area (TPSA) is 134 Å². The number of carbonyl (C=O) groups excluding carboxylic acids is 3. The lowest BCUT2D eigenvalue weighted by Crippen LogP contribution is -2.38. The van der Waals surface area contributed by atoms with Gasteiger partial charge in [-0.1, -0.05) is 60.7 Å². The van der Waals surface area contributed by atoms with Crippen LogP contribution in [0.5, 0.6) is 11.8 Å². The molecule has 10 nitrogen and oxygen atoms in total. The Hall–Kier alpha value is -4.41. The van der Waals surface area contributed by atoms with Crippen LogP contribution in [0.15, 0.2) is 60.7 Å². The first kappa shape index (κ1) is 32.5. The number of benzene rings is 2. The average molecular weight is 606 g/mol. The number of rotatable bonds is 13. The number of ketones is 1. The van der Waals surface area contributed by atoms with Crippen molar-refractivity contribution in [3.63, 3.8) is 0 Å². The summed E-state index contributed by atoms with van der Waals surface area (Å²) in [7, 11) is 0. The minimum absolute atomic E-state index is 0.0402. The highest BCUT2D eigenvalue weighted by atomic mass is 16.7. The highest BCUT2D eigenvalue weighted by Gasteiger charge is 2.31. The number of hydrogen-bond donors (Lipinski definition) is 2. The number of ether oxygens (including phenoxy) is 3. The zero-order chi connectivity index (χ0) is 31.9. The number of aromatic nitrogens is 1. The summed E-state index contributed by atoms with van der Waals surface area (Å²) < 4.78 is 18.0. The Labute approximate surface area is 256 Å². The van der Waals surface area contributed by atoms with Crippen molar-refractivity contribution in [3.8, 4) is 11.8 Å². The molecule has 0 saturated carbocycles. The number of hydrogen-bond acceptors (Lipinski definition) is 9. The summed E-state index contributed by atoms with van der Waals surface area (Å²) in [6, 6.07) is 18.2. The van der Waals surface area contributed by atoms with Crippen LogP contribution < -0.4 is 4.84 Å². The van der Waals surface area contributed by atoms with Crippen LogP contribution >= 0.6 is 0 Å². The van der Waals surface area contributed by atoms with Gasteiger partial charge in [-0.05, 0) is 56.4 Å². The number of fused-ring (bicyclic) bond motifs is 2. The van der Waals surface area contributed by atoms with Gasteiger partial charge in [0.1, 0.15) is 18.3 Å². The van der Waals surface area contributed by atoms with Crippen molar-refractivity contribution < 1.29 is 43.6 Å². The summed E-state index contributed by atoms with van der Waals surface area (Å²) in [4.78, 5) is 42.9. The lowest BCUT2D eigenvalue weighted by Gasteiger charge is -2.28. The van der Waals surface area contributed by atoms with Crippen molar-refractivity contribution in [1.82, 2.24) is 4.73 Å². The molecule has 0 spiro atoms. The predicted molar refractivity (Wildman–Crippen MR) is 163 cm³/mol. The summed E-state index contributed by atoms with van der Waals surface area (Å²) in [5, 5.41) is 19.2. The van der Waals surface area contributed by atoms with E-state index in [0.717, 1.165) is 22.3 Å². The van der Waals surface area contributed by atoms with Gasteiger partial charge in [-0.3, -0.25) is 9.59 Å². The second-order valence-corrected chi connectivity index (χ2v) is 11.7. The van der Waals surface area contributed by atoms with Crippen LogP contribution in [0.3, 0.4) is 0 Å². The Balaban J connectivity index is 1.24. The molecule has 0 saturated heterocycles. The van der Waals surface area contributed by atoms with Gasteiger partial charge in [0, 0.05) is 25.0 Å². The fraction of sp³-hybridized carbons (Fsp3) is 0.382. The van der Waals surface area contributed by atoms with Gasteiger partial charge >= 0.3 is 11.9 Å². The molecule has 1 aliphatic rings. The highest BCUT2D eigenvalue weighted by Crippen LogP contribution is 2.32. The maximum Gasteiger partial charge on any atom is 0.358 e. The molecule has 2 N–H and O–H groups in total. The average Bonchev–Trinajstić information content (AvgIpc) is 3.29. The SMILES string of the molecule is CC(C)(CCOC(C)(C)C(=O)CCC(=O)OC1Cc2ccccc2C=Cc2ccccc21)OCC(=O)On1c(O)ccc1O. The normalized spacial score (nSPS) is 14.6. The third-order valence-corrected chi connectivity index (χ3v) is 7.49. The number of carbonyl (C=O) groups is 3. The van der Waals surface area contributed by atoms with Gasteiger partial charge in [-0.15, -0.1) is 4.73 Å². The van der Waals surface area contributed by atoms with Gasteiger partial charge in [-0.25, -0.2) is 4.79 Å². The van der Waals surface area contributed by atoms with Gasteiger partial charge < -0.3 is 29.3 Å². The minimum Gasteiger partial charge on any atom is -0.492 e. The fourth-order valence-corrected chi connectivity index (χ4v) is 4.75. The van der Waals surface area contributed by atoms with E-state index >= 15 is 0 Å². The third-order valence-electron chi connectivity index (χ3n) is 7.49. The smallest absolute Gasteiger partial charge is 0.358 e. The molecular weight excluding hydrogens is 566 g/mol. The van der Waals surface area contributed by atoms with Gasteiger partial charge in [0.15, 0.2) is 5.78 Å². The van der Waals surface area contributed by atoms with E-state index < -0.39 is 47.6 Å². The largest absolute Gasteiger partial charge is 0.492 e. The van der Waals surface area contributed by atoms with Crippen molar-refractivity contribution >= 4 is 29.9 Å². The molecule has 0 radical (unpaired) electrons. The van der Waals surface area contributed by atoms with Crippen LogP contribution in [0.2, 0.25) is 0 Å². The first-order valence-corrected chi connectivity index (χ1v) is 14.5. The van der Waals surface area contributed by atoms with Crippen LogP contribution in [0.4, 0.5) is 0 Å². The molecule has 234 valence electrons. The molecule has 3 aromatic rings. The van der Waals surface area contributed by atoms with Crippen LogP contribution in [0.1, 0.15) is 75.3 Å². The fourth-order valence-electron chi connectivity index (χ4n) is 4.75. The Morgan fingerprint density at radius 3 is 2.18 bits per heavy atom. The van der Waals surface area contributed by atoms with E-state index in [1.165, 1.54) is 12.1 Å². The Kier molecular flexibility index (Phi) is 10.3. The summed E-state index contributed by atoms with van der Waals surface area (Å²) in [6.07, 6.45) is 4.36. The molecule has 0 amide bonds. The molecule has 1 heterocycles. The van der Waals surface area contributed by atoms with Crippen LogP contribution in [0, 0.1) is 0 Å². The summed E-state index contributed by atoms with van der Waals surface area (Å²) >= 11 is 0. The van der Waals surface area contributed by atoms with E-state index in [2.05, 4.69) is 6.08 Å². The summed E-state index contributed by atoms with van der Waals surface area (Å²) in [5.41, 5.74) is 2.07. The van der Waals surface area contributed by atoms with Crippen molar-refractivity contribution in [2.24, 2.45) is 0 Å². The molecular formula is C34H39NO9. The maximum absolute atomic E-state index is 13.0. The predicted octanol–water partition coefficient (Wildman–Crippen LogP) is 5.20. The van der Waals surface area contributed by atoms with E-state index in [4.69, 9.17) is 19.0 Å². The van der Waals surface area contributed by atoms with E-state index in [9.17, 15) is 24.6 Å². The van der Waals surface area contributed by atoms with Crippen LogP contribution in [-0.2, 0) is 35.0 Å². The number of aromatic hydroxyl groups is 2. The minimum atomic E-state index is -1.16. The zero-order valence-corrected chi connectivity index (χ0v) is 25.4. The molecule has 4 rings (SSSR count). The van der Waals surface area contributed by atoms with Crippen LogP contribution in [-0.4, -0.2) is 57.1 Å². The third kappa shape index (κ3) is 8.58. The first-order chi connectivity index (χ1) is 20.8. The van der Waals surface area contributed by atoms with Crippen molar-refractivity contribution in [2.45, 2.75) is 70.7 Å². The molecule has 1 unspecified atom stereocenters. The number of nitrogens with zero attached hydrogens (tertiary/aromatic N) is 1. The molecule has 0 aliphatic heterocycles. The second-order valence-electron chi connectivity index (χ2n) is 11.7. The van der Waals surface area contributed by atoms with Gasteiger partial charge in [0.25, 0.3) is 0 Å². The van der Waals surface area contributed by atoms with Crippen molar-refractivity contribution in [2.75, 3.05) is 13.2 Å². The van der Waals surface area contributed by atoms with Crippen molar-refractivity contribution in [1.29, 1.82) is 0 Å². The van der Waals surface area contributed by atoms with Gasteiger partial charge in [0.2, 0.25) is 11.8 Å². The van der Waals surface area contributed by atoms with Crippen LogP contribution in [0.25, 0.3) is 12.2 Å². The second kappa shape index (κ2) is 13.9. The van der Waals surface area contributed by atoms with Crippen molar-refractivity contribution in [3.05, 3.63) is 82.9 Å². The molecule has 10 heteroatoms. The van der Waals surface area contributed by atoms with E-state index in [1.807, 2.05) is 54.6 Å². The lowest BCUT2D eigenvalue weighted by molar-refractivity contribution is -0.159. The lowest BCUT2D eigenvalue weighted by atomic mass is 9.91. The Morgan fingerprint density at radius 1 is 0.818 bits per heavy atom.